The van der Waals surface area contributed by atoms with Crippen molar-refractivity contribution in [1.82, 2.24) is 0 Å². The summed E-state index contributed by atoms with van der Waals surface area (Å²) >= 11 is 0. The lowest BCUT2D eigenvalue weighted by Gasteiger charge is -2.10. The Kier molecular flexibility index (Phi) is 4.56. The van der Waals surface area contributed by atoms with E-state index < -0.39 is 6.36 Å². The molecule has 0 atom stereocenters. The molecule has 0 fully saturated rings. The zero-order chi connectivity index (χ0) is 12.7. The highest BCUT2D eigenvalue weighted by Crippen LogP contribution is 2.26. The van der Waals surface area contributed by atoms with Gasteiger partial charge in [0, 0.05) is 5.56 Å². The molecule has 1 aromatic carbocycles. The number of para-hydroxylation sites is 1. The summed E-state index contributed by atoms with van der Waals surface area (Å²) in [5.74, 6) is -0.303. The zero-order valence-corrected chi connectivity index (χ0v) is 8.61. The molecule has 0 saturated carbocycles. The van der Waals surface area contributed by atoms with Gasteiger partial charge in [0.2, 0.25) is 0 Å². The van der Waals surface area contributed by atoms with Crippen molar-refractivity contribution in [3.05, 3.63) is 35.9 Å². The maximum Gasteiger partial charge on any atom is 0.573 e. The number of carbonyl (C=O) groups is 1. The molecule has 6 heteroatoms. The third-order valence-electron chi connectivity index (χ3n) is 1.70. The number of hydrogen-bond donors (Lipinski definition) is 0. The molecule has 0 amide bonds. The second-order valence-corrected chi connectivity index (χ2v) is 2.92. The molecule has 92 valence electrons. The van der Waals surface area contributed by atoms with Gasteiger partial charge in [-0.2, -0.15) is 0 Å². The Labute approximate surface area is 95.5 Å². The van der Waals surface area contributed by atoms with Crippen LogP contribution in [-0.2, 0) is 9.53 Å². The molecule has 3 nitrogen and oxygen atoms in total. The average molecular weight is 246 g/mol. The van der Waals surface area contributed by atoms with Gasteiger partial charge >= 0.3 is 6.36 Å². The van der Waals surface area contributed by atoms with Crippen molar-refractivity contribution in [3.63, 3.8) is 0 Å². The van der Waals surface area contributed by atoms with E-state index in [1.165, 1.54) is 30.4 Å². The average Bonchev–Trinajstić information content (AvgIpc) is 2.24. The SMILES string of the molecule is O=COC/C=C/c1ccccc1OC(F)(F)F. The Morgan fingerprint density at radius 3 is 2.59 bits per heavy atom. The highest BCUT2D eigenvalue weighted by molar-refractivity contribution is 5.57. The van der Waals surface area contributed by atoms with Crippen LogP contribution in [0.2, 0.25) is 0 Å². The zero-order valence-electron chi connectivity index (χ0n) is 8.61. The first-order chi connectivity index (χ1) is 8.03. The fourth-order valence-electron chi connectivity index (χ4n) is 1.11. The number of carbonyl (C=O) groups excluding carboxylic acids is 1. The van der Waals surface area contributed by atoms with Gasteiger partial charge in [-0.1, -0.05) is 24.3 Å². The maximum absolute atomic E-state index is 12.0. The summed E-state index contributed by atoms with van der Waals surface area (Å²) in [7, 11) is 0. The normalized spacial score (nSPS) is 11.5. The third kappa shape index (κ3) is 5.05. The van der Waals surface area contributed by atoms with Crippen molar-refractivity contribution >= 4 is 12.5 Å². The van der Waals surface area contributed by atoms with Crippen LogP contribution in [0.25, 0.3) is 6.08 Å². The topological polar surface area (TPSA) is 35.5 Å². The van der Waals surface area contributed by atoms with Gasteiger partial charge in [-0.3, -0.25) is 4.79 Å². The van der Waals surface area contributed by atoms with E-state index in [-0.39, 0.29) is 24.4 Å². The fraction of sp³-hybridized carbons (Fsp3) is 0.182. The van der Waals surface area contributed by atoms with Crippen LogP contribution in [0.15, 0.2) is 30.3 Å². The van der Waals surface area contributed by atoms with Crippen molar-refractivity contribution in [2.45, 2.75) is 6.36 Å². The van der Waals surface area contributed by atoms with E-state index in [1.807, 2.05) is 0 Å². The highest BCUT2D eigenvalue weighted by atomic mass is 19.4. The maximum atomic E-state index is 12.0. The molecule has 0 aliphatic carbocycles. The van der Waals surface area contributed by atoms with E-state index >= 15 is 0 Å². The van der Waals surface area contributed by atoms with Crippen molar-refractivity contribution < 1.29 is 27.4 Å². The van der Waals surface area contributed by atoms with Crippen molar-refractivity contribution in [2.24, 2.45) is 0 Å². The van der Waals surface area contributed by atoms with Crippen LogP contribution < -0.4 is 4.74 Å². The lowest BCUT2D eigenvalue weighted by atomic mass is 10.2. The van der Waals surface area contributed by atoms with Gasteiger partial charge in [-0.15, -0.1) is 13.2 Å². The minimum Gasteiger partial charge on any atom is -0.464 e. The van der Waals surface area contributed by atoms with Crippen LogP contribution in [0.1, 0.15) is 5.56 Å². The lowest BCUT2D eigenvalue weighted by Crippen LogP contribution is -2.17. The molecule has 0 unspecified atom stereocenters. The van der Waals surface area contributed by atoms with Crippen LogP contribution in [-0.4, -0.2) is 19.4 Å². The molecule has 0 bridgehead atoms. The van der Waals surface area contributed by atoms with Crippen molar-refractivity contribution in [1.29, 1.82) is 0 Å². The van der Waals surface area contributed by atoms with Gasteiger partial charge in [-0.25, -0.2) is 0 Å². The van der Waals surface area contributed by atoms with Crippen LogP contribution in [0.5, 0.6) is 5.75 Å². The van der Waals surface area contributed by atoms with Gasteiger partial charge in [0.1, 0.15) is 12.4 Å². The Bertz CT molecular complexity index is 399. The quantitative estimate of drug-likeness (QED) is 0.592. The predicted molar refractivity (Wildman–Crippen MR) is 54.2 cm³/mol. The van der Waals surface area contributed by atoms with Crippen LogP contribution in [0, 0.1) is 0 Å². The number of benzene rings is 1. The molecule has 0 saturated heterocycles. The minimum absolute atomic E-state index is 0.0101. The molecular formula is C11H9F3O3. The van der Waals surface area contributed by atoms with E-state index in [1.54, 1.807) is 6.07 Å². The van der Waals surface area contributed by atoms with Gasteiger partial charge in [0.05, 0.1) is 0 Å². The minimum atomic E-state index is -4.73. The summed E-state index contributed by atoms with van der Waals surface area (Å²) < 4.78 is 44.3. The third-order valence-corrected chi connectivity index (χ3v) is 1.70. The van der Waals surface area contributed by atoms with Gasteiger partial charge in [0.15, 0.2) is 0 Å². The second kappa shape index (κ2) is 5.93. The van der Waals surface area contributed by atoms with Crippen LogP contribution >= 0.6 is 0 Å². The first kappa shape index (κ1) is 13.1. The molecule has 17 heavy (non-hydrogen) atoms. The van der Waals surface area contributed by atoms with Crippen molar-refractivity contribution in [3.8, 4) is 5.75 Å². The highest BCUT2D eigenvalue weighted by Gasteiger charge is 2.31. The summed E-state index contributed by atoms with van der Waals surface area (Å²) in [5.41, 5.74) is 0.249. The smallest absolute Gasteiger partial charge is 0.464 e. The Balaban J connectivity index is 2.77. The monoisotopic (exact) mass is 246 g/mol. The second-order valence-electron chi connectivity index (χ2n) is 2.92. The number of rotatable bonds is 5. The first-order valence-corrected chi connectivity index (χ1v) is 4.59. The summed E-state index contributed by atoms with van der Waals surface area (Å²) in [6.07, 6.45) is -1.94. The van der Waals surface area contributed by atoms with Crippen LogP contribution in [0.4, 0.5) is 13.2 Å². The molecule has 1 aromatic rings. The van der Waals surface area contributed by atoms with E-state index in [2.05, 4.69) is 9.47 Å². The largest absolute Gasteiger partial charge is 0.573 e. The van der Waals surface area contributed by atoms with E-state index in [4.69, 9.17) is 0 Å². The summed E-state index contributed by atoms with van der Waals surface area (Å²) in [4.78, 5) is 9.84. The van der Waals surface area contributed by atoms with Gasteiger partial charge < -0.3 is 9.47 Å². The standard InChI is InChI=1S/C11H9F3O3/c12-11(13,14)17-10-6-2-1-4-9(10)5-3-7-16-8-15/h1-6,8H,7H2/b5-3+. The first-order valence-electron chi connectivity index (χ1n) is 4.59. The Morgan fingerprint density at radius 2 is 1.94 bits per heavy atom. The van der Waals surface area contributed by atoms with E-state index in [0.717, 1.165) is 0 Å². The number of alkyl halides is 3. The van der Waals surface area contributed by atoms with Crippen LogP contribution in [0.3, 0.4) is 0 Å². The van der Waals surface area contributed by atoms with Gasteiger partial charge in [-0.05, 0) is 12.1 Å². The molecule has 0 aliphatic rings. The summed E-state index contributed by atoms with van der Waals surface area (Å²) in [6, 6.07) is 5.66. The molecule has 0 aliphatic heterocycles. The number of ether oxygens (including phenoxy) is 2. The molecule has 0 spiro atoms. The Hall–Kier alpha value is -1.98. The Morgan fingerprint density at radius 1 is 1.24 bits per heavy atom. The summed E-state index contributed by atoms with van der Waals surface area (Å²) in [5, 5.41) is 0. The molecule has 1 rings (SSSR count). The number of hydrogen-bond acceptors (Lipinski definition) is 3. The number of halogens is 3. The molecule has 0 heterocycles. The summed E-state index contributed by atoms with van der Waals surface area (Å²) in [6.45, 7) is 0.242. The van der Waals surface area contributed by atoms with E-state index in [0.29, 0.717) is 0 Å². The van der Waals surface area contributed by atoms with E-state index in [9.17, 15) is 18.0 Å². The molecule has 0 N–H and O–H groups in total. The van der Waals surface area contributed by atoms with Gasteiger partial charge in [0.25, 0.3) is 6.47 Å². The predicted octanol–water partition coefficient (Wildman–Crippen LogP) is 2.77. The molecule has 0 radical (unpaired) electrons. The molecular weight excluding hydrogens is 237 g/mol. The van der Waals surface area contributed by atoms with Crippen molar-refractivity contribution in [2.75, 3.05) is 6.61 Å². The lowest BCUT2D eigenvalue weighted by molar-refractivity contribution is -0.274. The fourth-order valence-corrected chi connectivity index (χ4v) is 1.11. The molecule has 0 aromatic heterocycles.